The summed E-state index contributed by atoms with van der Waals surface area (Å²) < 4.78 is 13.2. The Balaban J connectivity index is 1.90. The molecule has 1 heterocycles. The number of carbonyl (C=O) groups excluding carboxylic acids is 1. The SMILES string of the molecule is Cc1nc(C(C)NC(=O)CC(C)Cc2cccc(F)c2)sc1C(=O)O. The van der Waals surface area contributed by atoms with Gasteiger partial charge in [-0.1, -0.05) is 19.1 Å². The number of aryl methyl sites for hydroxylation is 1. The number of thiazole rings is 1. The number of amides is 1. The average Bonchev–Trinajstić information content (AvgIpc) is 2.89. The molecule has 0 aliphatic carbocycles. The number of nitrogens with one attached hydrogen (secondary N) is 1. The largest absolute Gasteiger partial charge is 0.477 e. The molecule has 0 aliphatic rings. The highest BCUT2D eigenvalue weighted by Crippen LogP contribution is 2.24. The van der Waals surface area contributed by atoms with E-state index >= 15 is 0 Å². The fraction of sp³-hybridized carbons (Fsp3) is 0.389. The second-order valence-electron chi connectivity index (χ2n) is 6.20. The topological polar surface area (TPSA) is 79.3 Å². The number of benzene rings is 1. The van der Waals surface area contributed by atoms with E-state index < -0.39 is 5.97 Å². The number of aromatic carboxylic acids is 1. The van der Waals surface area contributed by atoms with Gasteiger partial charge in [0.25, 0.3) is 0 Å². The Kier molecular flexibility index (Phi) is 6.25. The maximum absolute atomic E-state index is 13.2. The number of hydrogen-bond acceptors (Lipinski definition) is 4. The van der Waals surface area contributed by atoms with E-state index in [-0.39, 0.29) is 28.6 Å². The summed E-state index contributed by atoms with van der Waals surface area (Å²) in [6.07, 6.45) is 0.913. The van der Waals surface area contributed by atoms with E-state index in [1.165, 1.54) is 12.1 Å². The van der Waals surface area contributed by atoms with Crippen LogP contribution >= 0.6 is 11.3 Å². The van der Waals surface area contributed by atoms with E-state index in [0.717, 1.165) is 16.9 Å². The van der Waals surface area contributed by atoms with Crippen molar-refractivity contribution in [1.82, 2.24) is 10.3 Å². The van der Waals surface area contributed by atoms with Gasteiger partial charge in [0.1, 0.15) is 15.7 Å². The van der Waals surface area contributed by atoms with E-state index in [9.17, 15) is 14.0 Å². The lowest BCUT2D eigenvalue weighted by molar-refractivity contribution is -0.122. The first-order valence-corrected chi connectivity index (χ1v) is 8.82. The van der Waals surface area contributed by atoms with Crippen LogP contribution in [0.4, 0.5) is 4.39 Å². The molecule has 1 aromatic heterocycles. The molecule has 0 aliphatic heterocycles. The highest BCUT2D eigenvalue weighted by atomic mass is 32.1. The van der Waals surface area contributed by atoms with Gasteiger partial charge in [0, 0.05) is 6.42 Å². The van der Waals surface area contributed by atoms with Crippen molar-refractivity contribution in [2.24, 2.45) is 5.92 Å². The number of carboxylic acid groups (broad SMARTS) is 1. The molecular weight excluding hydrogens is 343 g/mol. The van der Waals surface area contributed by atoms with Crippen LogP contribution in [-0.4, -0.2) is 22.0 Å². The van der Waals surface area contributed by atoms with Gasteiger partial charge in [-0.15, -0.1) is 11.3 Å². The Morgan fingerprint density at radius 2 is 2.08 bits per heavy atom. The summed E-state index contributed by atoms with van der Waals surface area (Å²) in [6.45, 7) is 5.35. The monoisotopic (exact) mass is 364 g/mol. The molecule has 2 aromatic rings. The van der Waals surface area contributed by atoms with Crippen LogP contribution in [0.1, 0.15) is 52.2 Å². The highest BCUT2D eigenvalue weighted by molar-refractivity contribution is 7.13. The van der Waals surface area contributed by atoms with Crippen molar-refractivity contribution in [2.45, 2.75) is 39.7 Å². The molecule has 2 atom stereocenters. The first-order valence-electron chi connectivity index (χ1n) is 8.00. The Bertz CT molecular complexity index is 775. The Labute approximate surface area is 149 Å². The molecule has 0 saturated carbocycles. The summed E-state index contributed by atoms with van der Waals surface area (Å²) >= 11 is 1.07. The first-order chi connectivity index (χ1) is 11.8. The van der Waals surface area contributed by atoms with E-state index in [4.69, 9.17) is 5.11 Å². The molecular formula is C18H21FN2O3S. The van der Waals surface area contributed by atoms with Gasteiger partial charge in [-0.2, -0.15) is 0 Å². The molecule has 134 valence electrons. The smallest absolute Gasteiger partial charge is 0.347 e. The molecule has 2 rings (SSSR count). The second kappa shape index (κ2) is 8.20. The Hall–Kier alpha value is -2.28. The molecule has 7 heteroatoms. The lowest BCUT2D eigenvalue weighted by Crippen LogP contribution is -2.28. The van der Waals surface area contributed by atoms with Crippen molar-refractivity contribution in [3.05, 3.63) is 51.2 Å². The van der Waals surface area contributed by atoms with Crippen molar-refractivity contribution >= 4 is 23.2 Å². The van der Waals surface area contributed by atoms with Crippen molar-refractivity contribution in [3.8, 4) is 0 Å². The standard InChI is InChI=1S/C18H21FN2O3S/c1-10(7-13-5-4-6-14(19)9-13)8-15(22)20-12(3)17-21-11(2)16(25-17)18(23)24/h4-6,9-10,12H,7-8H2,1-3H3,(H,20,22)(H,23,24). The molecule has 1 aromatic carbocycles. The zero-order chi connectivity index (χ0) is 18.6. The number of aromatic nitrogens is 1. The average molecular weight is 364 g/mol. The number of hydrogen-bond donors (Lipinski definition) is 2. The molecule has 5 nitrogen and oxygen atoms in total. The number of nitrogens with zero attached hydrogens (tertiary/aromatic N) is 1. The van der Waals surface area contributed by atoms with Gasteiger partial charge in [-0.05, 0) is 43.9 Å². The minimum Gasteiger partial charge on any atom is -0.477 e. The molecule has 0 radical (unpaired) electrons. The molecule has 2 unspecified atom stereocenters. The number of carbonyl (C=O) groups is 2. The Morgan fingerprint density at radius 3 is 2.68 bits per heavy atom. The van der Waals surface area contributed by atoms with Gasteiger partial charge in [0.05, 0.1) is 11.7 Å². The van der Waals surface area contributed by atoms with Gasteiger partial charge in [0.15, 0.2) is 0 Å². The maximum atomic E-state index is 13.2. The summed E-state index contributed by atoms with van der Waals surface area (Å²) in [7, 11) is 0. The van der Waals surface area contributed by atoms with Crippen LogP contribution in [0.15, 0.2) is 24.3 Å². The van der Waals surface area contributed by atoms with Crippen LogP contribution in [0.3, 0.4) is 0 Å². The van der Waals surface area contributed by atoms with Crippen molar-refractivity contribution in [3.63, 3.8) is 0 Å². The normalized spacial score (nSPS) is 13.3. The third kappa shape index (κ3) is 5.35. The molecule has 1 amide bonds. The lowest BCUT2D eigenvalue weighted by atomic mass is 9.97. The van der Waals surface area contributed by atoms with E-state index in [2.05, 4.69) is 10.3 Å². The minimum absolute atomic E-state index is 0.0570. The number of halogens is 1. The minimum atomic E-state index is -1.01. The quantitative estimate of drug-likeness (QED) is 0.784. The van der Waals surface area contributed by atoms with Gasteiger partial charge in [0.2, 0.25) is 5.91 Å². The first kappa shape index (κ1) is 19.1. The van der Waals surface area contributed by atoms with Gasteiger partial charge in [-0.25, -0.2) is 14.2 Å². The third-order valence-electron chi connectivity index (χ3n) is 3.76. The van der Waals surface area contributed by atoms with Gasteiger partial charge >= 0.3 is 5.97 Å². The predicted molar refractivity (Wildman–Crippen MR) is 94.3 cm³/mol. The molecule has 2 N–H and O–H groups in total. The van der Waals surface area contributed by atoms with Crippen molar-refractivity contribution in [2.75, 3.05) is 0 Å². The van der Waals surface area contributed by atoms with Crippen LogP contribution in [0.2, 0.25) is 0 Å². The number of carboxylic acids is 1. The highest BCUT2D eigenvalue weighted by Gasteiger charge is 2.20. The molecule has 0 spiro atoms. The summed E-state index contributed by atoms with van der Waals surface area (Å²) in [5, 5.41) is 12.5. The maximum Gasteiger partial charge on any atom is 0.347 e. The van der Waals surface area contributed by atoms with Crippen LogP contribution in [0, 0.1) is 18.7 Å². The summed E-state index contributed by atoms with van der Waals surface area (Å²) in [6, 6.07) is 6.01. The van der Waals surface area contributed by atoms with E-state index in [1.807, 2.05) is 13.0 Å². The van der Waals surface area contributed by atoms with E-state index in [0.29, 0.717) is 23.5 Å². The zero-order valence-electron chi connectivity index (χ0n) is 14.4. The predicted octanol–water partition coefficient (Wildman–Crippen LogP) is 3.73. The van der Waals surface area contributed by atoms with E-state index in [1.54, 1.807) is 19.9 Å². The van der Waals surface area contributed by atoms with Gasteiger partial charge < -0.3 is 10.4 Å². The molecule has 25 heavy (non-hydrogen) atoms. The van der Waals surface area contributed by atoms with Crippen LogP contribution < -0.4 is 5.32 Å². The number of rotatable bonds is 7. The Morgan fingerprint density at radius 1 is 1.36 bits per heavy atom. The fourth-order valence-corrected chi connectivity index (χ4v) is 3.53. The van der Waals surface area contributed by atoms with Crippen LogP contribution in [0.25, 0.3) is 0 Å². The molecule has 0 fully saturated rings. The lowest BCUT2D eigenvalue weighted by Gasteiger charge is -2.15. The summed E-state index contributed by atoms with van der Waals surface area (Å²) in [4.78, 5) is 27.7. The summed E-state index contributed by atoms with van der Waals surface area (Å²) in [5.74, 6) is -1.37. The van der Waals surface area contributed by atoms with Crippen molar-refractivity contribution in [1.29, 1.82) is 0 Å². The fourth-order valence-electron chi connectivity index (χ4n) is 2.62. The zero-order valence-corrected chi connectivity index (χ0v) is 15.2. The third-order valence-corrected chi connectivity index (χ3v) is 5.09. The molecule has 0 saturated heterocycles. The van der Waals surface area contributed by atoms with Crippen LogP contribution in [-0.2, 0) is 11.2 Å². The molecule has 0 bridgehead atoms. The summed E-state index contributed by atoms with van der Waals surface area (Å²) in [5.41, 5.74) is 1.31. The van der Waals surface area contributed by atoms with Gasteiger partial charge in [-0.3, -0.25) is 4.79 Å². The van der Waals surface area contributed by atoms with Crippen molar-refractivity contribution < 1.29 is 19.1 Å². The van der Waals surface area contributed by atoms with Crippen LogP contribution in [0.5, 0.6) is 0 Å². The second-order valence-corrected chi connectivity index (χ2v) is 7.23.